The van der Waals surface area contributed by atoms with Gasteiger partial charge in [0.15, 0.2) is 0 Å². The number of nitrogens with two attached hydrogens (primary N) is 1. The van der Waals surface area contributed by atoms with Crippen LogP contribution < -0.4 is 11.1 Å². The normalized spacial score (nSPS) is 13.1. The third-order valence-corrected chi connectivity index (χ3v) is 3.04. The summed E-state index contributed by atoms with van der Waals surface area (Å²) in [6.45, 7) is 0. The van der Waals surface area contributed by atoms with E-state index in [1.807, 2.05) is 0 Å². The van der Waals surface area contributed by atoms with Crippen LogP contribution in [0.5, 0.6) is 0 Å². The quantitative estimate of drug-likeness (QED) is 0.759. The van der Waals surface area contributed by atoms with Gasteiger partial charge >= 0.3 is 0 Å². The number of rotatable bonds is 5. The first-order chi connectivity index (χ1) is 7.88. The van der Waals surface area contributed by atoms with Crippen LogP contribution in [0, 0.1) is 0 Å². The molecule has 1 atom stereocenters. The molecule has 0 unspecified atom stereocenters. The zero-order valence-corrected chi connectivity index (χ0v) is 10.3. The third-order valence-electron chi connectivity index (χ3n) is 2.07. The predicted molar refractivity (Wildman–Crippen MR) is 65.2 cm³/mol. The Kier molecular flexibility index (Phi) is 4.59. The summed E-state index contributed by atoms with van der Waals surface area (Å²) in [7, 11) is -3.10. The van der Waals surface area contributed by atoms with Crippen LogP contribution >= 0.6 is 0 Å². The van der Waals surface area contributed by atoms with Gasteiger partial charge in [0, 0.05) is 12.5 Å². The van der Waals surface area contributed by atoms with Gasteiger partial charge in [0.25, 0.3) is 0 Å². The highest BCUT2D eigenvalue weighted by Gasteiger charge is 2.15. The van der Waals surface area contributed by atoms with Crippen LogP contribution in [0.2, 0.25) is 0 Å². The molecular weight excluding hydrogens is 242 g/mol. The Hall–Kier alpha value is -1.47. The molecule has 0 aliphatic heterocycles. The smallest absolute Gasteiger partial charge is 0.241 e. The lowest BCUT2D eigenvalue weighted by Crippen LogP contribution is -2.37. The first kappa shape index (κ1) is 13.6. The van der Waals surface area contributed by atoms with Crippen LogP contribution in [0.3, 0.4) is 0 Å². The number of hydrogen-bond donors (Lipinski definition) is 2. The lowest BCUT2D eigenvalue weighted by molar-refractivity contribution is -0.117. The molecular formula is C10H15N3O3S. The monoisotopic (exact) mass is 257 g/mol. The minimum absolute atomic E-state index is 0.102. The molecule has 0 spiro atoms. The van der Waals surface area contributed by atoms with E-state index in [-0.39, 0.29) is 12.2 Å². The largest absolute Gasteiger partial charge is 0.323 e. The van der Waals surface area contributed by atoms with E-state index in [9.17, 15) is 13.2 Å². The number of anilines is 1. The molecule has 1 aromatic heterocycles. The molecule has 0 radical (unpaired) electrons. The van der Waals surface area contributed by atoms with Crippen LogP contribution in [0.15, 0.2) is 24.5 Å². The van der Waals surface area contributed by atoms with Crippen molar-refractivity contribution in [1.29, 1.82) is 0 Å². The summed E-state index contributed by atoms with van der Waals surface area (Å²) >= 11 is 0. The van der Waals surface area contributed by atoms with Gasteiger partial charge in [0.2, 0.25) is 5.91 Å². The molecule has 0 aliphatic carbocycles. The zero-order valence-electron chi connectivity index (χ0n) is 9.46. The lowest BCUT2D eigenvalue weighted by Gasteiger charge is -2.11. The van der Waals surface area contributed by atoms with Gasteiger partial charge in [0.1, 0.15) is 9.84 Å². The van der Waals surface area contributed by atoms with Crippen LogP contribution in [0.4, 0.5) is 5.69 Å². The number of nitrogens with zero attached hydrogens (tertiary/aromatic N) is 1. The SMILES string of the molecule is CS(=O)(=O)CC[C@H](N)C(=O)Nc1cccnc1. The standard InChI is InChI=1S/C10H15N3O3S/c1-17(15,16)6-4-9(11)10(14)13-8-3-2-5-12-7-8/h2-3,5,7,9H,4,6,11H2,1H3,(H,13,14)/t9-/m0/s1. The molecule has 0 bridgehead atoms. The first-order valence-corrected chi connectivity index (χ1v) is 7.09. The molecule has 17 heavy (non-hydrogen) atoms. The number of nitrogens with one attached hydrogen (secondary N) is 1. The van der Waals surface area contributed by atoms with Crippen molar-refractivity contribution in [3.05, 3.63) is 24.5 Å². The molecule has 1 heterocycles. The predicted octanol–water partition coefficient (Wildman–Crippen LogP) is -0.218. The van der Waals surface area contributed by atoms with E-state index in [0.717, 1.165) is 6.26 Å². The Morgan fingerprint density at radius 1 is 1.59 bits per heavy atom. The van der Waals surface area contributed by atoms with Crippen molar-refractivity contribution in [3.8, 4) is 0 Å². The molecule has 1 amide bonds. The Labute approximate surface area is 100 Å². The summed E-state index contributed by atoms with van der Waals surface area (Å²) in [6.07, 6.45) is 4.28. The van der Waals surface area contributed by atoms with Gasteiger partial charge < -0.3 is 11.1 Å². The molecule has 94 valence electrons. The molecule has 6 nitrogen and oxygen atoms in total. The Bertz CT molecular complexity index is 473. The molecule has 0 saturated heterocycles. The number of carbonyl (C=O) groups is 1. The zero-order chi connectivity index (χ0) is 12.9. The molecule has 0 aliphatic rings. The molecule has 0 fully saturated rings. The maximum atomic E-state index is 11.6. The fraction of sp³-hybridized carbons (Fsp3) is 0.400. The van der Waals surface area contributed by atoms with Gasteiger partial charge in [0.05, 0.1) is 23.7 Å². The fourth-order valence-corrected chi connectivity index (χ4v) is 1.83. The van der Waals surface area contributed by atoms with Gasteiger partial charge in [-0.25, -0.2) is 8.42 Å². The molecule has 0 saturated carbocycles. The number of carbonyl (C=O) groups excluding carboxylic acids is 1. The summed E-state index contributed by atoms with van der Waals surface area (Å²) in [5, 5.41) is 2.56. The summed E-state index contributed by atoms with van der Waals surface area (Å²) in [5.74, 6) is -0.518. The van der Waals surface area contributed by atoms with Gasteiger partial charge in [-0.1, -0.05) is 0 Å². The summed E-state index contributed by atoms with van der Waals surface area (Å²) in [4.78, 5) is 15.4. The summed E-state index contributed by atoms with van der Waals surface area (Å²) in [5.41, 5.74) is 6.11. The van der Waals surface area contributed by atoms with Crippen molar-refractivity contribution < 1.29 is 13.2 Å². The van der Waals surface area contributed by atoms with Crippen LogP contribution in [-0.2, 0) is 14.6 Å². The topological polar surface area (TPSA) is 102 Å². The van der Waals surface area contributed by atoms with Crippen molar-refractivity contribution in [1.82, 2.24) is 4.98 Å². The number of aromatic nitrogens is 1. The summed E-state index contributed by atoms with van der Waals surface area (Å²) in [6, 6.07) is 2.51. The van der Waals surface area contributed by atoms with Crippen molar-refractivity contribution in [2.45, 2.75) is 12.5 Å². The highest BCUT2D eigenvalue weighted by Crippen LogP contribution is 2.04. The van der Waals surface area contributed by atoms with E-state index < -0.39 is 21.8 Å². The second-order valence-electron chi connectivity index (χ2n) is 3.76. The highest BCUT2D eigenvalue weighted by molar-refractivity contribution is 7.90. The Morgan fingerprint density at radius 3 is 2.82 bits per heavy atom. The average Bonchev–Trinajstić information content (AvgIpc) is 2.26. The maximum Gasteiger partial charge on any atom is 0.241 e. The van der Waals surface area contributed by atoms with Gasteiger partial charge in [-0.2, -0.15) is 0 Å². The van der Waals surface area contributed by atoms with Crippen molar-refractivity contribution in [2.24, 2.45) is 5.73 Å². The minimum Gasteiger partial charge on any atom is -0.323 e. The highest BCUT2D eigenvalue weighted by atomic mass is 32.2. The molecule has 3 N–H and O–H groups in total. The first-order valence-electron chi connectivity index (χ1n) is 5.03. The lowest BCUT2D eigenvalue weighted by atomic mass is 10.2. The fourth-order valence-electron chi connectivity index (χ4n) is 1.14. The van der Waals surface area contributed by atoms with E-state index in [0.29, 0.717) is 5.69 Å². The van der Waals surface area contributed by atoms with E-state index >= 15 is 0 Å². The van der Waals surface area contributed by atoms with Crippen LogP contribution in [0.25, 0.3) is 0 Å². The Balaban J connectivity index is 2.48. The van der Waals surface area contributed by atoms with Crippen LogP contribution in [0.1, 0.15) is 6.42 Å². The number of amides is 1. The molecule has 0 aromatic carbocycles. The number of sulfone groups is 1. The van der Waals surface area contributed by atoms with Crippen molar-refractivity contribution in [3.63, 3.8) is 0 Å². The van der Waals surface area contributed by atoms with Crippen molar-refractivity contribution >= 4 is 21.4 Å². The number of pyridine rings is 1. The van der Waals surface area contributed by atoms with E-state index in [4.69, 9.17) is 5.73 Å². The van der Waals surface area contributed by atoms with E-state index in [1.54, 1.807) is 18.3 Å². The van der Waals surface area contributed by atoms with E-state index in [1.165, 1.54) is 6.20 Å². The van der Waals surface area contributed by atoms with Gasteiger partial charge in [-0.3, -0.25) is 9.78 Å². The molecule has 1 rings (SSSR count). The second kappa shape index (κ2) is 5.74. The van der Waals surface area contributed by atoms with Crippen LogP contribution in [-0.4, -0.2) is 37.4 Å². The Morgan fingerprint density at radius 2 is 2.29 bits per heavy atom. The van der Waals surface area contributed by atoms with E-state index in [2.05, 4.69) is 10.3 Å². The van der Waals surface area contributed by atoms with Gasteiger partial charge in [-0.05, 0) is 18.6 Å². The minimum atomic E-state index is -3.10. The maximum absolute atomic E-state index is 11.6. The second-order valence-corrected chi connectivity index (χ2v) is 6.02. The number of hydrogen-bond acceptors (Lipinski definition) is 5. The molecule has 1 aromatic rings. The van der Waals surface area contributed by atoms with Gasteiger partial charge in [-0.15, -0.1) is 0 Å². The van der Waals surface area contributed by atoms with Crippen molar-refractivity contribution in [2.75, 3.05) is 17.3 Å². The third kappa shape index (κ3) is 5.41. The molecule has 7 heteroatoms. The summed E-state index contributed by atoms with van der Waals surface area (Å²) < 4.78 is 21.8. The average molecular weight is 257 g/mol.